The van der Waals surface area contributed by atoms with Gasteiger partial charge in [-0.2, -0.15) is 0 Å². The van der Waals surface area contributed by atoms with Crippen LogP contribution in [0.1, 0.15) is 54.4 Å². The van der Waals surface area contributed by atoms with E-state index in [1.165, 1.54) is 0 Å². The van der Waals surface area contributed by atoms with Crippen molar-refractivity contribution >= 4 is 16.8 Å². The average molecular weight is 437 g/mol. The number of carbonyl (C=O) groups excluding carboxylic acids is 1. The highest BCUT2D eigenvalue weighted by atomic mass is 16.5. The minimum atomic E-state index is -0.444. The van der Waals surface area contributed by atoms with Crippen LogP contribution in [0.25, 0.3) is 11.0 Å². The molecule has 0 atom stereocenters. The Balaban J connectivity index is 1.46. The van der Waals surface area contributed by atoms with E-state index in [4.69, 9.17) is 14.3 Å². The van der Waals surface area contributed by atoms with Crippen LogP contribution in [0.15, 0.2) is 46.9 Å². The number of para-hydroxylation sites is 1. The molecule has 6 heteroatoms. The first kappa shape index (κ1) is 22.5. The van der Waals surface area contributed by atoms with Crippen molar-refractivity contribution in [3.05, 3.63) is 64.9 Å². The topological polar surface area (TPSA) is 74.9 Å². The van der Waals surface area contributed by atoms with Crippen molar-refractivity contribution in [2.24, 2.45) is 0 Å². The third-order valence-electron chi connectivity index (χ3n) is 6.14. The van der Waals surface area contributed by atoms with Gasteiger partial charge < -0.3 is 19.6 Å². The summed E-state index contributed by atoms with van der Waals surface area (Å²) < 4.78 is 12.1. The van der Waals surface area contributed by atoms with Gasteiger partial charge in [0.05, 0.1) is 12.2 Å². The molecule has 0 bridgehead atoms. The molecule has 0 unspecified atom stereocenters. The molecule has 2 aromatic carbocycles. The first-order chi connectivity index (χ1) is 15.5. The Hall–Kier alpha value is -2.67. The number of fused-ring (bicyclic) bond motifs is 4. The van der Waals surface area contributed by atoms with Crippen LogP contribution in [-0.2, 0) is 5.41 Å². The van der Waals surface area contributed by atoms with Crippen LogP contribution in [0.2, 0.25) is 0 Å². The number of carbonyl (C=O) groups is 1. The van der Waals surface area contributed by atoms with E-state index in [-0.39, 0.29) is 12.4 Å². The van der Waals surface area contributed by atoms with Crippen molar-refractivity contribution in [3.63, 3.8) is 0 Å². The van der Waals surface area contributed by atoms with E-state index >= 15 is 0 Å². The molecule has 2 N–H and O–H groups in total. The van der Waals surface area contributed by atoms with Crippen molar-refractivity contribution in [1.29, 1.82) is 0 Å². The van der Waals surface area contributed by atoms with Crippen molar-refractivity contribution in [2.75, 3.05) is 39.5 Å². The maximum absolute atomic E-state index is 13.3. The normalized spacial score (nSPS) is 14.6. The standard InChI is InChI=1S/C26H32N2O4/c1-4-12-28(13-14-29)17-27-11-15-31-18-9-10-19-21(16-18)26(2,3)25-23(24(19)30)20-7-5-6-8-22(20)32-25/h5-10,16,27,29H,4,11-15,17H2,1-3H3. The number of ketones is 1. The van der Waals surface area contributed by atoms with Gasteiger partial charge in [-0.05, 0) is 56.6 Å². The fourth-order valence-corrected chi connectivity index (χ4v) is 4.50. The second-order valence-electron chi connectivity index (χ2n) is 8.81. The minimum Gasteiger partial charge on any atom is -0.492 e. The van der Waals surface area contributed by atoms with Crippen LogP contribution in [-0.4, -0.2) is 55.3 Å². The number of ether oxygens (including phenoxy) is 1. The fourth-order valence-electron chi connectivity index (χ4n) is 4.50. The number of aliphatic hydroxyl groups is 1. The fraction of sp³-hybridized carbons (Fsp3) is 0.423. The average Bonchev–Trinajstić information content (AvgIpc) is 3.19. The molecule has 3 aromatic rings. The molecule has 6 nitrogen and oxygen atoms in total. The van der Waals surface area contributed by atoms with Crippen LogP contribution in [0.4, 0.5) is 0 Å². The van der Waals surface area contributed by atoms with E-state index in [1.54, 1.807) is 0 Å². The third-order valence-corrected chi connectivity index (χ3v) is 6.14. The number of nitrogens with one attached hydrogen (secondary N) is 1. The van der Waals surface area contributed by atoms with Gasteiger partial charge in [-0.3, -0.25) is 9.69 Å². The second kappa shape index (κ2) is 9.45. The molecular formula is C26H32N2O4. The molecule has 0 saturated carbocycles. The molecule has 0 saturated heterocycles. The lowest BCUT2D eigenvalue weighted by atomic mass is 9.72. The summed E-state index contributed by atoms with van der Waals surface area (Å²) in [6.45, 7) is 10.0. The Labute approximate surface area is 189 Å². The number of rotatable bonds is 10. The van der Waals surface area contributed by atoms with E-state index in [1.807, 2.05) is 42.5 Å². The van der Waals surface area contributed by atoms with E-state index in [9.17, 15) is 4.79 Å². The molecule has 1 aliphatic rings. The highest BCUT2D eigenvalue weighted by molar-refractivity contribution is 6.19. The van der Waals surface area contributed by atoms with Gasteiger partial charge in [0.15, 0.2) is 5.78 Å². The van der Waals surface area contributed by atoms with Gasteiger partial charge in [0.1, 0.15) is 23.7 Å². The van der Waals surface area contributed by atoms with Crippen LogP contribution in [0, 0.1) is 0 Å². The molecule has 0 spiro atoms. The number of benzene rings is 2. The molecule has 0 fully saturated rings. The van der Waals surface area contributed by atoms with E-state index in [0.29, 0.717) is 30.8 Å². The van der Waals surface area contributed by atoms with Gasteiger partial charge in [-0.15, -0.1) is 0 Å². The van der Waals surface area contributed by atoms with Gasteiger partial charge in [-0.25, -0.2) is 0 Å². The third kappa shape index (κ3) is 4.18. The molecule has 4 rings (SSSR count). The maximum atomic E-state index is 13.3. The zero-order chi connectivity index (χ0) is 22.7. The first-order valence-electron chi connectivity index (χ1n) is 11.3. The number of nitrogens with zero attached hydrogens (tertiary/aromatic N) is 1. The van der Waals surface area contributed by atoms with E-state index in [2.05, 4.69) is 31.0 Å². The van der Waals surface area contributed by atoms with Crippen LogP contribution < -0.4 is 10.1 Å². The summed E-state index contributed by atoms with van der Waals surface area (Å²) in [5.74, 6) is 1.47. The van der Waals surface area contributed by atoms with Crippen molar-refractivity contribution < 1.29 is 19.1 Å². The van der Waals surface area contributed by atoms with Gasteiger partial charge in [-0.1, -0.05) is 25.1 Å². The predicted molar refractivity (Wildman–Crippen MR) is 126 cm³/mol. The zero-order valence-electron chi connectivity index (χ0n) is 19.1. The Morgan fingerprint density at radius 1 is 1.16 bits per heavy atom. The monoisotopic (exact) mass is 436 g/mol. The number of furan rings is 1. The van der Waals surface area contributed by atoms with Gasteiger partial charge in [0.2, 0.25) is 0 Å². The predicted octanol–water partition coefficient (Wildman–Crippen LogP) is 3.93. The first-order valence-corrected chi connectivity index (χ1v) is 11.3. The molecule has 0 amide bonds. The van der Waals surface area contributed by atoms with Gasteiger partial charge in [0.25, 0.3) is 0 Å². The second-order valence-corrected chi connectivity index (χ2v) is 8.81. The Morgan fingerprint density at radius 3 is 2.75 bits per heavy atom. The Bertz CT molecular complexity index is 1100. The minimum absolute atomic E-state index is 0.00684. The SMILES string of the molecule is CCCN(CCO)CNCCOc1ccc2c(c1)C(C)(C)c1oc3ccccc3c1C2=O. The highest BCUT2D eigenvalue weighted by Gasteiger charge is 2.41. The summed E-state index contributed by atoms with van der Waals surface area (Å²) >= 11 is 0. The summed E-state index contributed by atoms with van der Waals surface area (Å²) in [7, 11) is 0. The van der Waals surface area contributed by atoms with Crippen molar-refractivity contribution in [2.45, 2.75) is 32.6 Å². The highest BCUT2D eigenvalue weighted by Crippen LogP contribution is 2.46. The molecule has 170 valence electrons. The number of hydrogen-bond acceptors (Lipinski definition) is 6. The summed E-state index contributed by atoms with van der Waals surface area (Å²) in [5, 5.41) is 13.4. The van der Waals surface area contributed by atoms with Crippen LogP contribution >= 0.6 is 0 Å². The van der Waals surface area contributed by atoms with E-state index in [0.717, 1.165) is 47.7 Å². The molecular weight excluding hydrogens is 404 g/mol. The van der Waals surface area contributed by atoms with Crippen LogP contribution in [0.5, 0.6) is 5.75 Å². The lowest BCUT2D eigenvalue weighted by Crippen LogP contribution is -2.38. The molecule has 0 radical (unpaired) electrons. The summed E-state index contributed by atoms with van der Waals surface area (Å²) in [6, 6.07) is 13.4. The quantitative estimate of drug-likeness (QED) is 0.371. The smallest absolute Gasteiger partial charge is 0.197 e. The number of aliphatic hydroxyl groups excluding tert-OH is 1. The Kier molecular flexibility index (Phi) is 6.65. The van der Waals surface area contributed by atoms with Crippen LogP contribution in [0.3, 0.4) is 0 Å². The summed E-state index contributed by atoms with van der Waals surface area (Å²) in [4.78, 5) is 15.5. The van der Waals surface area contributed by atoms with Crippen molar-refractivity contribution in [3.8, 4) is 5.75 Å². The molecule has 1 heterocycles. The number of hydrogen-bond donors (Lipinski definition) is 2. The largest absolute Gasteiger partial charge is 0.492 e. The molecule has 1 aliphatic carbocycles. The zero-order valence-corrected chi connectivity index (χ0v) is 19.1. The summed E-state index contributed by atoms with van der Waals surface area (Å²) in [5.41, 5.74) is 2.61. The lowest BCUT2D eigenvalue weighted by molar-refractivity contribution is 0.102. The van der Waals surface area contributed by atoms with Gasteiger partial charge in [0, 0.05) is 36.1 Å². The maximum Gasteiger partial charge on any atom is 0.197 e. The van der Waals surface area contributed by atoms with E-state index < -0.39 is 5.41 Å². The molecule has 32 heavy (non-hydrogen) atoms. The van der Waals surface area contributed by atoms with Crippen molar-refractivity contribution in [1.82, 2.24) is 10.2 Å². The molecule has 1 aromatic heterocycles. The van der Waals surface area contributed by atoms with Gasteiger partial charge >= 0.3 is 0 Å². The lowest BCUT2D eigenvalue weighted by Gasteiger charge is -2.30. The summed E-state index contributed by atoms with van der Waals surface area (Å²) in [6.07, 6.45) is 1.05. The molecule has 0 aliphatic heterocycles. The Morgan fingerprint density at radius 2 is 1.97 bits per heavy atom.